The third-order valence-electron chi connectivity index (χ3n) is 1.61. The lowest BCUT2D eigenvalue weighted by atomic mass is 10.4. The van der Waals surface area contributed by atoms with Gasteiger partial charge in [-0.3, -0.25) is 4.79 Å². The molecule has 0 unspecified atom stereocenters. The van der Waals surface area contributed by atoms with Crippen LogP contribution >= 0.6 is 0 Å². The number of amides is 1. The van der Waals surface area contributed by atoms with Crippen molar-refractivity contribution in [3.8, 4) is 0 Å². The second-order valence-electron chi connectivity index (χ2n) is 2.91. The van der Waals surface area contributed by atoms with Crippen molar-refractivity contribution in [3.63, 3.8) is 0 Å². The first kappa shape index (κ1) is 10.7. The predicted octanol–water partition coefficient (Wildman–Crippen LogP) is 0.452. The molecule has 0 fully saturated rings. The Morgan fingerprint density at radius 3 is 3.21 bits per heavy atom. The summed E-state index contributed by atoms with van der Waals surface area (Å²) < 4.78 is 5.08. The van der Waals surface area contributed by atoms with E-state index >= 15 is 0 Å². The van der Waals surface area contributed by atoms with E-state index in [0.717, 1.165) is 12.1 Å². The quantitative estimate of drug-likeness (QED) is 0.651. The van der Waals surface area contributed by atoms with Gasteiger partial charge in [0.25, 0.3) is 0 Å². The van der Waals surface area contributed by atoms with Crippen LogP contribution in [0.3, 0.4) is 0 Å². The highest BCUT2D eigenvalue weighted by Crippen LogP contribution is 1.89. The van der Waals surface area contributed by atoms with Gasteiger partial charge in [0.2, 0.25) is 5.91 Å². The van der Waals surface area contributed by atoms with E-state index < -0.39 is 0 Å². The molecule has 14 heavy (non-hydrogen) atoms. The Bertz CT molecular complexity index is 259. The Hall–Kier alpha value is -1.36. The van der Waals surface area contributed by atoms with Crippen molar-refractivity contribution < 1.29 is 9.53 Å². The van der Waals surface area contributed by atoms with Gasteiger partial charge in [-0.25, -0.2) is 4.98 Å². The minimum absolute atomic E-state index is 0.104. The van der Waals surface area contributed by atoms with E-state index in [0.29, 0.717) is 13.2 Å². The fraction of sp³-hybridized carbons (Fsp3) is 0.556. The van der Waals surface area contributed by atoms with E-state index in [4.69, 9.17) is 4.74 Å². The molecule has 1 aromatic heterocycles. The number of imidazole rings is 1. The summed E-state index contributed by atoms with van der Waals surface area (Å²) in [6, 6.07) is 0. The molecule has 1 amide bonds. The molecule has 0 aliphatic rings. The average Bonchev–Trinajstić information content (AvgIpc) is 2.68. The lowest BCUT2D eigenvalue weighted by Gasteiger charge is -2.03. The maximum atomic E-state index is 11.1. The molecule has 0 aliphatic heterocycles. The highest BCUT2D eigenvalue weighted by atomic mass is 16.5. The standard InChI is InChI=1S/C9H15N3O2/c1-2-3-14-6-9(13)11-5-8-4-10-7-12-8/h4,7H,2-3,5-6H2,1H3,(H,10,12)(H,11,13). The van der Waals surface area contributed by atoms with Gasteiger partial charge in [0.1, 0.15) is 6.61 Å². The number of nitrogens with one attached hydrogen (secondary N) is 2. The number of carbonyl (C=O) groups is 1. The first-order valence-corrected chi connectivity index (χ1v) is 4.64. The van der Waals surface area contributed by atoms with Gasteiger partial charge in [-0.15, -0.1) is 0 Å². The molecule has 5 nitrogen and oxygen atoms in total. The first-order chi connectivity index (χ1) is 6.83. The number of ether oxygens (including phenoxy) is 1. The van der Waals surface area contributed by atoms with Crippen molar-refractivity contribution >= 4 is 5.91 Å². The van der Waals surface area contributed by atoms with E-state index in [-0.39, 0.29) is 12.5 Å². The van der Waals surface area contributed by atoms with Crippen LogP contribution in [0.4, 0.5) is 0 Å². The van der Waals surface area contributed by atoms with Gasteiger partial charge in [0, 0.05) is 12.8 Å². The number of aromatic nitrogens is 2. The van der Waals surface area contributed by atoms with Crippen LogP contribution in [-0.2, 0) is 16.1 Å². The Labute approximate surface area is 82.9 Å². The third-order valence-corrected chi connectivity index (χ3v) is 1.61. The summed E-state index contributed by atoms with van der Waals surface area (Å²) in [5.41, 5.74) is 0.883. The Morgan fingerprint density at radius 2 is 2.57 bits per heavy atom. The van der Waals surface area contributed by atoms with Gasteiger partial charge in [0.15, 0.2) is 0 Å². The zero-order valence-electron chi connectivity index (χ0n) is 8.25. The molecule has 0 aromatic carbocycles. The molecule has 0 bridgehead atoms. The Balaban J connectivity index is 2.09. The second kappa shape index (κ2) is 6.15. The van der Waals surface area contributed by atoms with Crippen LogP contribution in [-0.4, -0.2) is 29.1 Å². The third kappa shape index (κ3) is 4.04. The number of nitrogens with zero attached hydrogens (tertiary/aromatic N) is 1. The lowest BCUT2D eigenvalue weighted by Crippen LogP contribution is -2.27. The maximum absolute atomic E-state index is 11.1. The Morgan fingerprint density at radius 1 is 1.71 bits per heavy atom. The summed E-state index contributed by atoms with van der Waals surface area (Å²) >= 11 is 0. The SMILES string of the molecule is CCCOCC(=O)NCc1cnc[nH]1. The van der Waals surface area contributed by atoms with E-state index in [2.05, 4.69) is 15.3 Å². The molecule has 0 saturated carbocycles. The van der Waals surface area contributed by atoms with Crippen molar-refractivity contribution in [2.75, 3.05) is 13.2 Å². The highest BCUT2D eigenvalue weighted by Gasteiger charge is 2.00. The molecule has 1 heterocycles. The summed E-state index contributed by atoms with van der Waals surface area (Å²) in [5.74, 6) is -0.104. The normalized spacial score (nSPS) is 10.1. The summed E-state index contributed by atoms with van der Waals surface area (Å²) in [7, 11) is 0. The van der Waals surface area contributed by atoms with E-state index in [9.17, 15) is 4.79 Å². The van der Waals surface area contributed by atoms with Crippen LogP contribution in [0.25, 0.3) is 0 Å². The van der Waals surface area contributed by atoms with Crippen LogP contribution in [0.1, 0.15) is 19.0 Å². The summed E-state index contributed by atoms with van der Waals surface area (Å²) in [4.78, 5) is 17.9. The number of hydrogen-bond donors (Lipinski definition) is 2. The fourth-order valence-corrected chi connectivity index (χ4v) is 0.935. The van der Waals surface area contributed by atoms with E-state index in [1.165, 1.54) is 0 Å². The number of aromatic amines is 1. The fourth-order valence-electron chi connectivity index (χ4n) is 0.935. The van der Waals surface area contributed by atoms with Crippen molar-refractivity contribution in [2.24, 2.45) is 0 Å². The summed E-state index contributed by atoms with van der Waals surface area (Å²) in [6.45, 7) is 3.22. The molecule has 2 N–H and O–H groups in total. The van der Waals surface area contributed by atoms with Crippen LogP contribution in [0, 0.1) is 0 Å². The molecular formula is C9H15N3O2. The van der Waals surface area contributed by atoms with Gasteiger partial charge >= 0.3 is 0 Å². The summed E-state index contributed by atoms with van der Waals surface area (Å²) in [6.07, 6.45) is 4.18. The highest BCUT2D eigenvalue weighted by molar-refractivity contribution is 5.77. The predicted molar refractivity (Wildman–Crippen MR) is 51.5 cm³/mol. The first-order valence-electron chi connectivity index (χ1n) is 4.64. The molecule has 1 aromatic rings. The van der Waals surface area contributed by atoms with Crippen molar-refractivity contribution in [2.45, 2.75) is 19.9 Å². The largest absolute Gasteiger partial charge is 0.372 e. The lowest BCUT2D eigenvalue weighted by molar-refractivity contribution is -0.125. The average molecular weight is 197 g/mol. The molecule has 0 atom stereocenters. The molecule has 78 valence electrons. The topological polar surface area (TPSA) is 67.0 Å². The van der Waals surface area contributed by atoms with Crippen LogP contribution in [0.2, 0.25) is 0 Å². The van der Waals surface area contributed by atoms with Crippen LogP contribution in [0.15, 0.2) is 12.5 Å². The molecule has 1 rings (SSSR count). The van der Waals surface area contributed by atoms with Gasteiger partial charge in [0.05, 0.1) is 18.6 Å². The van der Waals surface area contributed by atoms with Gasteiger partial charge in [-0.2, -0.15) is 0 Å². The molecule has 0 saturated heterocycles. The monoisotopic (exact) mass is 197 g/mol. The van der Waals surface area contributed by atoms with Crippen molar-refractivity contribution in [3.05, 3.63) is 18.2 Å². The second-order valence-corrected chi connectivity index (χ2v) is 2.91. The Kier molecular flexibility index (Phi) is 4.71. The van der Waals surface area contributed by atoms with Crippen molar-refractivity contribution in [1.82, 2.24) is 15.3 Å². The number of hydrogen-bond acceptors (Lipinski definition) is 3. The van der Waals surface area contributed by atoms with Gasteiger partial charge in [-0.05, 0) is 6.42 Å². The van der Waals surface area contributed by atoms with E-state index in [1.807, 2.05) is 6.92 Å². The van der Waals surface area contributed by atoms with Crippen LogP contribution in [0.5, 0.6) is 0 Å². The minimum Gasteiger partial charge on any atom is -0.372 e. The number of carbonyl (C=O) groups excluding carboxylic acids is 1. The molecule has 0 spiro atoms. The molecule has 0 aliphatic carbocycles. The van der Waals surface area contributed by atoms with E-state index in [1.54, 1.807) is 12.5 Å². The number of rotatable bonds is 6. The number of H-pyrrole nitrogens is 1. The van der Waals surface area contributed by atoms with Crippen LogP contribution < -0.4 is 5.32 Å². The molecular weight excluding hydrogens is 182 g/mol. The van der Waals surface area contributed by atoms with Gasteiger partial charge < -0.3 is 15.0 Å². The zero-order valence-corrected chi connectivity index (χ0v) is 8.25. The summed E-state index contributed by atoms with van der Waals surface area (Å²) in [5, 5.41) is 2.71. The van der Waals surface area contributed by atoms with Crippen molar-refractivity contribution in [1.29, 1.82) is 0 Å². The smallest absolute Gasteiger partial charge is 0.246 e. The molecule has 0 radical (unpaired) electrons. The van der Waals surface area contributed by atoms with Gasteiger partial charge in [-0.1, -0.05) is 6.92 Å². The zero-order chi connectivity index (χ0) is 10.2. The minimum atomic E-state index is -0.104. The molecule has 5 heteroatoms. The maximum Gasteiger partial charge on any atom is 0.246 e.